The van der Waals surface area contributed by atoms with Crippen LogP contribution >= 0.6 is 0 Å². The molecule has 0 amide bonds. The van der Waals surface area contributed by atoms with Crippen molar-refractivity contribution in [1.82, 2.24) is 0 Å². The molecule has 0 aromatic carbocycles. The fourth-order valence-corrected chi connectivity index (χ4v) is 0.748. The predicted octanol–water partition coefficient (Wildman–Crippen LogP) is 0.112. The molecule has 94 valence electrons. The van der Waals surface area contributed by atoms with Gasteiger partial charge in [-0.15, -0.1) is 0 Å². The summed E-state index contributed by atoms with van der Waals surface area (Å²) < 4.78 is 8.53. The van der Waals surface area contributed by atoms with E-state index < -0.39 is 18.0 Å². The molecule has 0 radical (unpaired) electrons. The van der Waals surface area contributed by atoms with Crippen molar-refractivity contribution in [3.63, 3.8) is 0 Å². The molecule has 1 heterocycles. The second-order valence-electron chi connectivity index (χ2n) is 2.92. The van der Waals surface area contributed by atoms with Crippen LogP contribution in [0, 0.1) is 0 Å². The quantitative estimate of drug-likeness (QED) is 0.327. The molecule has 1 fully saturated rings. The van der Waals surface area contributed by atoms with Gasteiger partial charge in [0.25, 0.3) is 0 Å². The minimum absolute atomic E-state index is 0.196. The van der Waals surface area contributed by atoms with Gasteiger partial charge in [0.05, 0.1) is 6.42 Å². The second-order valence-corrected chi connectivity index (χ2v) is 2.92. The third kappa shape index (κ3) is 7.02. The van der Waals surface area contributed by atoms with Crippen molar-refractivity contribution in [3.8, 4) is 0 Å². The summed E-state index contributed by atoms with van der Waals surface area (Å²) in [6.07, 6.45) is 3.29. The summed E-state index contributed by atoms with van der Waals surface area (Å²) in [5, 5.41) is 8.47. The Kier molecular flexibility index (Phi) is 7.29. The maximum Gasteiger partial charge on any atom is 0.343 e. The Bertz CT molecular complexity index is 331. The van der Waals surface area contributed by atoms with Crippen molar-refractivity contribution >= 4 is 17.9 Å². The highest BCUT2D eigenvalue weighted by atomic mass is 16.6. The highest BCUT2D eigenvalue weighted by Crippen LogP contribution is 2.05. The van der Waals surface area contributed by atoms with E-state index in [0.29, 0.717) is 6.61 Å². The van der Waals surface area contributed by atoms with Gasteiger partial charge in [-0.3, -0.25) is 4.79 Å². The number of hydrogen-bond donors (Lipinski definition) is 1. The molecule has 1 aliphatic heterocycles. The lowest BCUT2D eigenvalue weighted by molar-refractivity contribution is -0.154. The van der Waals surface area contributed by atoms with E-state index in [4.69, 9.17) is 5.11 Å². The van der Waals surface area contributed by atoms with Crippen LogP contribution in [0.2, 0.25) is 0 Å². The molecule has 6 nitrogen and oxygen atoms in total. The predicted molar refractivity (Wildman–Crippen MR) is 57.7 cm³/mol. The summed E-state index contributed by atoms with van der Waals surface area (Å²) in [5.41, 5.74) is 0. The van der Waals surface area contributed by atoms with Gasteiger partial charge in [0, 0.05) is 6.08 Å². The van der Waals surface area contributed by atoms with E-state index >= 15 is 0 Å². The summed E-state index contributed by atoms with van der Waals surface area (Å²) in [5.74, 6) is -1.87. The Hall–Kier alpha value is -1.95. The fourth-order valence-electron chi connectivity index (χ4n) is 0.748. The molecule has 0 spiro atoms. The Balaban J connectivity index is 0.000000302. The van der Waals surface area contributed by atoms with Crippen molar-refractivity contribution in [2.45, 2.75) is 19.4 Å². The number of carbonyl (C=O) groups is 3. The Labute approximate surface area is 98.5 Å². The molecule has 0 aromatic heterocycles. The van der Waals surface area contributed by atoms with Crippen molar-refractivity contribution in [1.29, 1.82) is 0 Å². The van der Waals surface area contributed by atoms with Gasteiger partial charge in [0.1, 0.15) is 6.61 Å². The highest BCUT2D eigenvalue weighted by Gasteiger charge is 2.30. The van der Waals surface area contributed by atoms with Crippen molar-refractivity contribution < 1.29 is 29.0 Å². The molecule has 1 saturated heterocycles. The standard InChI is InChI=1S/C7H10O2.C4H4O4/c1-3-5-6-9-7(8)4-2;5-2-1-3(6)8-4(2)7/h3-5H,2,6H2,1H3;2,5H,1H2. The minimum Gasteiger partial charge on any atom is -0.458 e. The molecule has 6 heteroatoms. The molecule has 17 heavy (non-hydrogen) atoms. The molecule has 0 saturated carbocycles. The maximum absolute atomic E-state index is 10.3. The third-order valence-electron chi connectivity index (χ3n) is 1.57. The number of carbonyl (C=O) groups excluding carboxylic acids is 3. The molecule has 1 rings (SSSR count). The Morgan fingerprint density at radius 2 is 2.29 bits per heavy atom. The largest absolute Gasteiger partial charge is 0.458 e. The van der Waals surface area contributed by atoms with Gasteiger partial charge in [-0.05, 0) is 6.92 Å². The first-order valence-electron chi connectivity index (χ1n) is 4.84. The molecule has 0 bridgehead atoms. The molecular formula is C11H14O6. The van der Waals surface area contributed by atoms with Crippen LogP contribution in [-0.2, 0) is 23.9 Å². The van der Waals surface area contributed by atoms with Crippen LogP contribution in [0.25, 0.3) is 0 Å². The zero-order valence-corrected chi connectivity index (χ0v) is 9.42. The van der Waals surface area contributed by atoms with Crippen LogP contribution in [0.3, 0.4) is 0 Å². The van der Waals surface area contributed by atoms with Gasteiger partial charge in [0.15, 0.2) is 6.10 Å². The summed E-state index contributed by atoms with van der Waals surface area (Å²) in [4.78, 5) is 30.5. The van der Waals surface area contributed by atoms with Crippen LogP contribution in [0.5, 0.6) is 0 Å². The number of hydrogen-bond acceptors (Lipinski definition) is 6. The smallest absolute Gasteiger partial charge is 0.343 e. The molecule has 1 aliphatic rings. The van der Waals surface area contributed by atoms with Crippen molar-refractivity contribution in [2.24, 2.45) is 0 Å². The number of allylic oxidation sites excluding steroid dienone is 1. The zero-order chi connectivity index (χ0) is 13.3. The first-order chi connectivity index (χ1) is 8.01. The topological polar surface area (TPSA) is 89.9 Å². The van der Waals surface area contributed by atoms with Crippen LogP contribution in [0.1, 0.15) is 13.3 Å². The summed E-state index contributed by atoms with van der Waals surface area (Å²) in [6.45, 7) is 5.44. The lowest BCUT2D eigenvalue weighted by Crippen LogP contribution is -2.11. The Morgan fingerprint density at radius 3 is 2.59 bits per heavy atom. The first-order valence-corrected chi connectivity index (χ1v) is 4.84. The van der Waals surface area contributed by atoms with E-state index in [-0.39, 0.29) is 12.4 Å². The lowest BCUT2D eigenvalue weighted by Gasteiger charge is -1.93. The third-order valence-corrected chi connectivity index (χ3v) is 1.57. The minimum atomic E-state index is -1.22. The molecule has 1 unspecified atom stereocenters. The van der Waals surface area contributed by atoms with Gasteiger partial charge in [-0.2, -0.15) is 0 Å². The van der Waals surface area contributed by atoms with Gasteiger partial charge < -0.3 is 14.6 Å². The Morgan fingerprint density at radius 1 is 1.65 bits per heavy atom. The van der Waals surface area contributed by atoms with Crippen LogP contribution in [0.15, 0.2) is 24.8 Å². The van der Waals surface area contributed by atoms with Gasteiger partial charge in [-0.1, -0.05) is 18.7 Å². The van der Waals surface area contributed by atoms with E-state index in [0.717, 1.165) is 6.08 Å². The molecular weight excluding hydrogens is 228 g/mol. The average Bonchev–Trinajstić information content (AvgIpc) is 2.57. The SMILES string of the molecule is C=CC(=O)OCC=CC.O=C1CC(O)C(=O)O1. The first kappa shape index (κ1) is 15.0. The van der Waals surface area contributed by atoms with Crippen LogP contribution in [0.4, 0.5) is 0 Å². The fraction of sp³-hybridized carbons (Fsp3) is 0.364. The molecule has 0 aromatic rings. The molecule has 1 N–H and O–H groups in total. The van der Waals surface area contributed by atoms with Crippen molar-refractivity contribution in [3.05, 3.63) is 24.8 Å². The lowest BCUT2D eigenvalue weighted by atomic mass is 10.3. The van der Waals surface area contributed by atoms with E-state index in [9.17, 15) is 14.4 Å². The molecule has 0 aliphatic carbocycles. The highest BCUT2D eigenvalue weighted by molar-refractivity contribution is 5.95. The van der Waals surface area contributed by atoms with Gasteiger partial charge >= 0.3 is 17.9 Å². The van der Waals surface area contributed by atoms with Gasteiger partial charge in [0.2, 0.25) is 0 Å². The number of esters is 3. The summed E-state index contributed by atoms with van der Waals surface area (Å²) >= 11 is 0. The monoisotopic (exact) mass is 242 g/mol. The van der Waals surface area contributed by atoms with E-state index in [1.54, 1.807) is 6.08 Å². The zero-order valence-electron chi connectivity index (χ0n) is 9.42. The summed E-state index contributed by atoms with van der Waals surface area (Å²) in [7, 11) is 0. The normalized spacial score (nSPS) is 18.4. The van der Waals surface area contributed by atoms with E-state index in [2.05, 4.69) is 16.1 Å². The second kappa shape index (κ2) is 8.23. The molecule has 1 atom stereocenters. The number of rotatable bonds is 3. The van der Waals surface area contributed by atoms with E-state index in [1.165, 1.54) is 0 Å². The van der Waals surface area contributed by atoms with Crippen molar-refractivity contribution in [2.75, 3.05) is 6.61 Å². The maximum atomic E-state index is 10.3. The van der Waals surface area contributed by atoms with Gasteiger partial charge in [-0.25, -0.2) is 9.59 Å². The van der Waals surface area contributed by atoms with Crippen LogP contribution < -0.4 is 0 Å². The average molecular weight is 242 g/mol. The van der Waals surface area contributed by atoms with Crippen LogP contribution in [-0.4, -0.2) is 35.7 Å². The van der Waals surface area contributed by atoms with E-state index in [1.807, 2.05) is 13.0 Å². The number of cyclic esters (lactones) is 2. The number of ether oxygens (including phenoxy) is 2. The summed E-state index contributed by atoms with van der Waals surface area (Å²) in [6, 6.07) is 0. The number of aliphatic hydroxyl groups excluding tert-OH is 1. The number of aliphatic hydroxyl groups is 1.